The summed E-state index contributed by atoms with van der Waals surface area (Å²) >= 11 is 0. The van der Waals surface area contributed by atoms with Crippen LogP contribution in [-0.4, -0.2) is 113 Å². The summed E-state index contributed by atoms with van der Waals surface area (Å²) in [6, 6.07) is -1.09. The van der Waals surface area contributed by atoms with Crippen LogP contribution < -0.4 is 21.1 Å². The van der Waals surface area contributed by atoms with E-state index in [0.717, 1.165) is 77.2 Å². The molecule has 0 aromatic carbocycles. The van der Waals surface area contributed by atoms with Crippen LogP contribution in [0.5, 0.6) is 0 Å². The van der Waals surface area contributed by atoms with Crippen molar-refractivity contribution in [2.45, 2.75) is 154 Å². The van der Waals surface area contributed by atoms with Gasteiger partial charge in [0.2, 0.25) is 0 Å². The van der Waals surface area contributed by atoms with E-state index in [4.69, 9.17) is 5.73 Å². The maximum absolute atomic E-state index is 10.2. The number of carboxylic acid groups (broad SMARTS) is 3. The minimum Gasteiger partial charge on any atom is -0.670 e. The van der Waals surface area contributed by atoms with E-state index in [1.807, 2.05) is 74.6 Å². The van der Waals surface area contributed by atoms with Crippen molar-refractivity contribution in [1.29, 1.82) is 0 Å². The van der Waals surface area contributed by atoms with Gasteiger partial charge in [0.25, 0.3) is 0 Å². The van der Waals surface area contributed by atoms with Gasteiger partial charge in [0.1, 0.15) is 0 Å². The Morgan fingerprint density at radius 2 is 0.905 bits per heavy atom. The molecule has 354 valence electrons. The summed E-state index contributed by atoms with van der Waals surface area (Å²) in [7, 11) is 0. The molecule has 0 radical (unpaired) electrons. The zero-order valence-corrected chi connectivity index (χ0v) is 40.9. The third-order valence-electron chi connectivity index (χ3n) is 8.05. The monoisotopic (exact) mass is 909 g/mol. The Kier molecular flexibility index (Phi) is 60.1. The summed E-state index contributed by atoms with van der Waals surface area (Å²) in [5.74, 6) is -4.01. The number of carboxylic acids is 3. The van der Waals surface area contributed by atoms with E-state index >= 15 is 0 Å². The van der Waals surface area contributed by atoms with Gasteiger partial charge in [-0.2, -0.15) is 0 Å². The van der Waals surface area contributed by atoms with Gasteiger partial charge in [0.05, 0.1) is 31.0 Å². The van der Waals surface area contributed by atoms with Crippen molar-refractivity contribution in [1.82, 2.24) is 0 Å². The quantitative estimate of drug-likeness (QED) is 0.0208. The van der Waals surface area contributed by atoms with Crippen molar-refractivity contribution < 1.29 is 55.9 Å². The van der Waals surface area contributed by atoms with Crippen LogP contribution in [0.4, 0.5) is 0 Å². The number of hydrogen-bond donors (Lipinski definition) is 5. The zero-order chi connectivity index (χ0) is 47.7. The van der Waals surface area contributed by atoms with Crippen molar-refractivity contribution in [2.75, 3.05) is 6.54 Å². The number of aliphatic hydroxyl groups is 4. The molecule has 0 saturated carbocycles. The molecule has 0 aromatic rings. The summed E-state index contributed by atoms with van der Waals surface area (Å²) in [5, 5.41) is 67.6. The van der Waals surface area contributed by atoms with E-state index in [1.165, 1.54) is 6.92 Å². The first-order chi connectivity index (χ1) is 29.6. The van der Waals surface area contributed by atoms with Crippen molar-refractivity contribution in [3.8, 4) is 0 Å². The molecule has 0 unspecified atom stereocenters. The molecule has 0 spiro atoms. The van der Waals surface area contributed by atoms with Gasteiger partial charge in [-0.25, -0.2) is 0 Å². The molecule has 12 nitrogen and oxygen atoms in total. The SMILES string of the molecule is CCCC[C@H](O)/C=C/C=C\C/C=C\C/C=C\C=C\[C@@H](O)CC.CC[C@H](O)/C=C/C=C\C/C=C\C/C=C\C=C\[C@@H](O)CCCC(=O)[O-].C[C@H]([NH-])C(=O)[O-].[CH2-][C@@H](CCCC[NH3+])C(=O)[O-].[Ca+2]. The van der Waals surface area contributed by atoms with Crippen LogP contribution in [0, 0.1) is 12.8 Å². The van der Waals surface area contributed by atoms with Crippen molar-refractivity contribution in [3.05, 3.63) is 134 Å². The Balaban J connectivity index is -0.000000263. The maximum Gasteiger partial charge on any atom is 2.00 e. The second-order valence-electron chi connectivity index (χ2n) is 14.0. The molecule has 8 N–H and O–H groups in total. The second kappa shape index (κ2) is 55.0. The number of rotatable bonds is 31. The van der Waals surface area contributed by atoms with E-state index in [1.54, 1.807) is 24.3 Å². The predicted molar refractivity (Wildman–Crippen MR) is 253 cm³/mol. The molecule has 0 amide bonds. The van der Waals surface area contributed by atoms with Crippen LogP contribution in [0.15, 0.2) is 122 Å². The number of quaternary nitrogens is 1. The first-order valence-electron chi connectivity index (χ1n) is 21.9. The summed E-state index contributed by atoms with van der Waals surface area (Å²) in [6.45, 7) is 11.5. The molecule has 0 rings (SSSR count). The van der Waals surface area contributed by atoms with Crippen LogP contribution in [0.2, 0.25) is 0 Å². The Morgan fingerprint density at radius 3 is 1.19 bits per heavy atom. The zero-order valence-electron chi connectivity index (χ0n) is 38.7. The third-order valence-corrected chi connectivity index (χ3v) is 8.05. The molecule has 0 bridgehead atoms. The fourth-order valence-corrected chi connectivity index (χ4v) is 4.12. The van der Waals surface area contributed by atoms with E-state index < -0.39 is 36.0 Å². The van der Waals surface area contributed by atoms with Crippen LogP contribution in [0.1, 0.15) is 124 Å². The van der Waals surface area contributed by atoms with Crippen LogP contribution in [0.25, 0.3) is 5.73 Å². The second-order valence-corrected chi connectivity index (χ2v) is 14.0. The molecule has 0 fully saturated rings. The standard InChI is InChI=1S/C20H30O4.C20H32O2.C7H14NO2.C3H6NO2.Ca/c1-2-18(21)14-11-9-7-5-3-4-6-8-10-12-15-19(22)16-13-17-20(23)24;1-3-5-16-20(22)18-15-13-11-9-7-6-8-10-12-14-17-19(21)4-2;1-6(7(9)10)4-2-3-5-8;1-2(4)3(5)6;/h3-4,7-12,14-15,18-19,21-22H,2,5-6,13,16-17H2,1H3,(H,23,24);6-7,10-15,17-22H,3-5,8-9,16H2,1-2H3;6H,1-5,8H2,(H,9,10);2,4H,1H3,(H,5,6);/q;;2*-1;+2/p-2/b4-3-,9-7-,10-8-,14-11+,15-12+;7-6-,12-10-,13-11-,17-14+,18-15+;;;/t18-,19+;19-,20-;6-;2-;/m0000./s1. The fourth-order valence-electron chi connectivity index (χ4n) is 4.12. The molecular weight excluding hydrogens is 829 g/mol. The van der Waals surface area contributed by atoms with Crippen molar-refractivity contribution >= 4 is 55.6 Å². The first-order valence-corrected chi connectivity index (χ1v) is 21.9. The molecule has 6 atom stereocenters. The van der Waals surface area contributed by atoms with E-state index in [2.05, 4.69) is 56.0 Å². The molecule has 63 heavy (non-hydrogen) atoms. The molecule has 13 heteroatoms. The number of hydrogen-bond acceptors (Lipinski definition) is 10. The average molecular weight is 909 g/mol. The van der Waals surface area contributed by atoms with Gasteiger partial charge in [-0.05, 0) is 77.0 Å². The number of unbranched alkanes of at least 4 members (excludes halogenated alkanes) is 2. The number of carbonyl (C=O) groups excluding carboxylic acids is 3. The number of nitrogens with one attached hydrogen (secondary N) is 1. The summed E-state index contributed by atoms with van der Waals surface area (Å²) in [5.41, 5.74) is 10.0. The Hall–Kier alpha value is -3.17. The van der Waals surface area contributed by atoms with Gasteiger partial charge in [0.15, 0.2) is 0 Å². The number of carbonyl (C=O) groups is 3. The van der Waals surface area contributed by atoms with Gasteiger partial charge in [-0.1, -0.05) is 168 Å². The molecule has 0 heterocycles. The van der Waals surface area contributed by atoms with Crippen LogP contribution in [-0.2, 0) is 14.4 Å². The minimum atomic E-state index is -1.32. The Morgan fingerprint density at radius 1 is 0.556 bits per heavy atom. The number of allylic oxidation sites excluding steroid dienone is 16. The summed E-state index contributed by atoms with van der Waals surface area (Å²) < 4.78 is 0. The molecular formula is C50H80CaN2O10-2. The Bertz CT molecular complexity index is 1370. The topological polar surface area (TPSA) is 253 Å². The maximum atomic E-state index is 10.2. The third kappa shape index (κ3) is 65.6. The van der Waals surface area contributed by atoms with Gasteiger partial charge in [-0.15, -0.1) is 12.0 Å². The summed E-state index contributed by atoms with van der Waals surface area (Å²) in [6.07, 6.45) is 48.2. The molecule has 0 aliphatic carbocycles. The number of aliphatic carboxylic acids is 3. The Labute approximate surface area is 410 Å². The van der Waals surface area contributed by atoms with E-state index in [0.29, 0.717) is 19.3 Å². The van der Waals surface area contributed by atoms with E-state index in [9.17, 15) is 50.1 Å². The summed E-state index contributed by atoms with van der Waals surface area (Å²) in [4.78, 5) is 29.7. The van der Waals surface area contributed by atoms with Crippen LogP contribution in [0.3, 0.4) is 0 Å². The van der Waals surface area contributed by atoms with Gasteiger partial charge >= 0.3 is 37.7 Å². The van der Waals surface area contributed by atoms with Gasteiger partial charge < -0.3 is 68.5 Å². The smallest absolute Gasteiger partial charge is 0.670 e. The molecule has 0 aliphatic heterocycles. The van der Waals surface area contributed by atoms with E-state index in [-0.39, 0.29) is 62.5 Å². The normalized spacial score (nSPS) is 14.8. The van der Waals surface area contributed by atoms with Crippen molar-refractivity contribution in [3.63, 3.8) is 0 Å². The molecule has 0 saturated heterocycles. The number of aliphatic hydroxyl groups excluding tert-OH is 4. The first kappa shape index (κ1) is 68.9. The largest absolute Gasteiger partial charge is 2.00 e. The predicted octanol–water partition coefficient (Wildman–Crippen LogP) is 4.86. The van der Waals surface area contributed by atoms with Gasteiger partial charge in [-0.3, -0.25) is 0 Å². The average Bonchev–Trinajstić information content (AvgIpc) is 3.23. The molecule has 0 aliphatic rings. The fraction of sp³-hybridized carbons (Fsp3) is 0.520. The minimum absolute atomic E-state index is 0. The van der Waals surface area contributed by atoms with Crippen LogP contribution >= 0.6 is 0 Å². The van der Waals surface area contributed by atoms with Crippen molar-refractivity contribution in [2.24, 2.45) is 5.92 Å². The molecule has 0 aromatic heterocycles. The van der Waals surface area contributed by atoms with Gasteiger partial charge in [0, 0.05) is 17.9 Å².